The molecule has 1 aliphatic heterocycles. The Morgan fingerprint density at radius 2 is 2.10 bits per heavy atom. The molecule has 1 aliphatic rings. The van der Waals surface area contributed by atoms with Crippen LogP contribution in [0.3, 0.4) is 0 Å². The summed E-state index contributed by atoms with van der Waals surface area (Å²) < 4.78 is 10.8. The molecule has 1 fully saturated rings. The van der Waals surface area contributed by atoms with Crippen molar-refractivity contribution >= 4 is 5.91 Å². The molecule has 110 valence electrons. The molecule has 1 aromatic carbocycles. The minimum Gasteiger partial charge on any atom is -0.497 e. The van der Waals surface area contributed by atoms with Gasteiger partial charge in [-0.3, -0.25) is 9.69 Å². The Hall–Kier alpha value is -1.79. The summed E-state index contributed by atoms with van der Waals surface area (Å²) in [6.07, 6.45) is 0. The van der Waals surface area contributed by atoms with Crippen LogP contribution in [0.15, 0.2) is 24.3 Å². The highest BCUT2D eigenvalue weighted by Gasteiger charge is 2.26. The van der Waals surface area contributed by atoms with Gasteiger partial charge in [0.2, 0.25) is 5.91 Å². The van der Waals surface area contributed by atoms with Gasteiger partial charge in [0.05, 0.1) is 7.11 Å². The minimum absolute atomic E-state index is 0.247. The molecule has 2 rings (SSSR count). The number of ether oxygens (including phenoxy) is 2. The van der Waals surface area contributed by atoms with Gasteiger partial charge in [0.25, 0.3) is 0 Å². The normalized spacial score (nSPS) is 19.6. The molecule has 1 atom stereocenters. The van der Waals surface area contributed by atoms with E-state index < -0.39 is 0 Å². The molecular formula is C14H21N3O3. The van der Waals surface area contributed by atoms with Gasteiger partial charge < -0.3 is 20.5 Å². The molecule has 1 unspecified atom stereocenters. The Bertz CT molecular complexity index is 436. The molecule has 1 heterocycles. The van der Waals surface area contributed by atoms with E-state index in [9.17, 15) is 4.79 Å². The SMILES string of the molecule is COc1ccc(OCCN2CCNCC2C(N)=O)cc1. The Morgan fingerprint density at radius 1 is 1.40 bits per heavy atom. The van der Waals surface area contributed by atoms with E-state index in [-0.39, 0.29) is 11.9 Å². The maximum atomic E-state index is 11.4. The maximum Gasteiger partial charge on any atom is 0.236 e. The fraction of sp³-hybridized carbons (Fsp3) is 0.500. The van der Waals surface area contributed by atoms with E-state index in [1.54, 1.807) is 7.11 Å². The fourth-order valence-corrected chi connectivity index (χ4v) is 2.25. The van der Waals surface area contributed by atoms with Gasteiger partial charge >= 0.3 is 0 Å². The molecule has 1 saturated heterocycles. The molecule has 1 aromatic rings. The van der Waals surface area contributed by atoms with Gasteiger partial charge in [0, 0.05) is 26.2 Å². The molecule has 1 amide bonds. The summed E-state index contributed by atoms with van der Waals surface area (Å²) in [6.45, 7) is 3.49. The van der Waals surface area contributed by atoms with Crippen LogP contribution < -0.4 is 20.5 Å². The number of amides is 1. The van der Waals surface area contributed by atoms with Crippen molar-refractivity contribution in [1.82, 2.24) is 10.2 Å². The zero-order chi connectivity index (χ0) is 14.4. The fourth-order valence-electron chi connectivity index (χ4n) is 2.25. The van der Waals surface area contributed by atoms with Crippen molar-refractivity contribution in [2.45, 2.75) is 6.04 Å². The minimum atomic E-state index is -0.290. The van der Waals surface area contributed by atoms with Crippen LogP contribution in [0.25, 0.3) is 0 Å². The van der Waals surface area contributed by atoms with Crippen LogP contribution in [0.5, 0.6) is 11.5 Å². The van der Waals surface area contributed by atoms with E-state index in [1.165, 1.54) is 0 Å². The smallest absolute Gasteiger partial charge is 0.236 e. The van der Waals surface area contributed by atoms with Crippen molar-refractivity contribution in [3.05, 3.63) is 24.3 Å². The van der Waals surface area contributed by atoms with E-state index in [1.807, 2.05) is 24.3 Å². The van der Waals surface area contributed by atoms with Crippen molar-refractivity contribution in [2.75, 3.05) is 39.9 Å². The number of carbonyl (C=O) groups excluding carboxylic acids is 1. The van der Waals surface area contributed by atoms with Gasteiger partial charge in [-0.15, -0.1) is 0 Å². The zero-order valence-corrected chi connectivity index (χ0v) is 11.7. The second-order valence-electron chi connectivity index (χ2n) is 4.68. The third-order valence-electron chi connectivity index (χ3n) is 3.39. The first-order chi connectivity index (χ1) is 9.70. The van der Waals surface area contributed by atoms with Crippen molar-refractivity contribution in [2.24, 2.45) is 5.73 Å². The van der Waals surface area contributed by atoms with Crippen molar-refractivity contribution in [3.8, 4) is 11.5 Å². The number of benzene rings is 1. The second kappa shape index (κ2) is 7.12. The summed E-state index contributed by atoms with van der Waals surface area (Å²) in [4.78, 5) is 13.4. The summed E-state index contributed by atoms with van der Waals surface area (Å²) >= 11 is 0. The molecule has 0 spiro atoms. The molecule has 0 aliphatic carbocycles. The third kappa shape index (κ3) is 3.85. The van der Waals surface area contributed by atoms with E-state index in [0.29, 0.717) is 19.7 Å². The molecular weight excluding hydrogens is 258 g/mol. The summed E-state index contributed by atoms with van der Waals surface area (Å²) in [6, 6.07) is 7.19. The summed E-state index contributed by atoms with van der Waals surface area (Å²) in [7, 11) is 1.63. The molecule has 3 N–H and O–H groups in total. The largest absolute Gasteiger partial charge is 0.497 e. The molecule has 0 radical (unpaired) electrons. The van der Waals surface area contributed by atoms with E-state index in [2.05, 4.69) is 10.2 Å². The average molecular weight is 279 g/mol. The van der Waals surface area contributed by atoms with Crippen molar-refractivity contribution in [1.29, 1.82) is 0 Å². The third-order valence-corrected chi connectivity index (χ3v) is 3.39. The number of rotatable bonds is 6. The summed E-state index contributed by atoms with van der Waals surface area (Å²) in [5, 5.41) is 3.17. The lowest BCUT2D eigenvalue weighted by Crippen LogP contribution is -2.57. The average Bonchev–Trinajstić information content (AvgIpc) is 2.48. The lowest BCUT2D eigenvalue weighted by molar-refractivity contribution is -0.123. The van der Waals surface area contributed by atoms with Crippen LogP contribution >= 0.6 is 0 Å². The number of hydrogen-bond donors (Lipinski definition) is 2. The molecule has 0 saturated carbocycles. The Kier molecular flexibility index (Phi) is 5.20. The quantitative estimate of drug-likeness (QED) is 0.756. The number of nitrogens with one attached hydrogen (secondary N) is 1. The van der Waals surface area contributed by atoms with Crippen LogP contribution in [0.4, 0.5) is 0 Å². The first-order valence-electron chi connectivity index (χ1n) is 6.71. The van der Waals surface area contributed by atoms with E-state index in [4.69, 9.17) is 15.2 Å². The van der Waals surface area contributed by atoms with Crippen molar-refractivity contribution < 1.29 is 14.3 Å². The predicted octanol–water partition coefficient (Wildman–Crippen LogP) is -0.167. The number of hydrogen-bond acceptors (Lipinski definition) is 5. The van der Waals surface area contributed by atoms with Gasteiger partial charge in [0.15, 0.2) is 0 Å². The van der Waals surface area contributed by atoms with Crippen LogP contribution in [-0.4, -0.2) is 56.7 Å². The second-order valence-corrected chi connectivity index (χ2v) is 4.68. The highest BCUT2D eigenvalue weighted by Crippen LogP contribution is 2.17. The predicted molar refractivity (Wildman–Crippen MR) is 75.9 cm³/mol. The van der Waals surface area contributed by atoms with Crippen LogP contribution in [0.1, 0.15) is 0 Å². The Morgan fingerprint density at radius 3 is 2.75 bits per heavy atom. The van der Waals surface area contributed by atoms with Gasteiger partial charge in [-0.2, -0.15) is 0 Å². The Labute approximate surface area is 118 Å². The number of primary amides is 1. The number of methoxy groups -OCH3 is 1. The molecule has 20 heavy (non-hydrogen) atoms. The van der Waals surface area contributed by atoms with Gasteiger partial charge in [-0.1, -0.05) is 0 Å². The Balaban J connectivity index is 1.80. The van der Waals surface area contributed by atoms with Crippen molar-refractivity contribution in [3.63, 3.8) is 0 Å². The van der Waals surface area contributed by atoms with Gasteiger partial charge in [-0.25, -0.2) is 0 Å². The zero-order valence-electron chi connectivity index (χ0n) is 11.7. The lowest BCUT2D eigenvalue weighted by Gasteiger charge is -2.33. The number of carbonyl (C=O) groups is 1. The van der Waals surface area contributed by atoms with Gasteiger partial charge in [-0.05, 0) is 24.3 Å². The molecule has 0 aromatic heterocycles. The number of piperazine rings is 1. The van der Waals surface area contributed by atoms with Crippen LogP contribution in [0, 0.1) is 0 Å². The topological polar surface area (TPSA) is 76.8 Å². The van der Waals surface area contributed by atoms with Gasteiger partial charge in [0.1, 0.15) is 24.1 Å². The number of nitrogens with two attached hydrogens (primary N) is 1. The standard InChI is InChI=1S/C14H21N3O3/c1-19-11-2-4-12(5-3-11)20-9-8-17-7-6-16-10-13(17)14(15)18/h2-5,13,16H,6-10H2,1H3,(H2,15,18). The lowest BCUT2D eigenvalue weighted by atomic mass is 10.2. The molecule has 6 heteroatoms. The van der Waals surface area contributed by atoms with E-state index >= 15 is 0 Å². The first kappa shape index (κ1) is 14.6. The van der Waals surface area contributed by atoms with E-state index in [0.717, 1.165) is 24.6 Å². The highest BCUT2D eigenvalue weighted by molar-refractivity contribution is 5.80. The van der Waals surface area contributed by atoms with Crippen LogP contribution in [0.2, 0.25) is 0 Å². The summed E-state index contributed by atoms with van der Waals surface area (Å²) in [5.41, 5.74) is 5.40. The summed E-state index contributed by atoms with van der Waals surface area (Å²) in [5.74, 6) is 1.30. The number of nitrogens with zero attached hydrogens (tertiary/aromatic N) is 1. The first-order valence-corrected chi connectivity index (χ1v) is 6.71. The monoisotopic (exact) mass is 279 g/mol. The maximum absolute atomic E-state index is 11.4. The molecule has 0 bridgehead atoms. The van der Waals surface area contributed by atoms with Crippen LogP contribution in [-0.2, 0) is 4.79 Å². The molecule has 6 nitrogen and oxygen atoms in total. The highest BCUT2D eigenvalue weighted by atomic mass is 16.5.